The summed E-state index contributed by atoms with van der Waals surface area (Å²) < 4.78 is 5.63. The first kappa shape index (κ1) is 15.9. The van der Waals surface area contributed by atoms with E-state index in [-0.39, 0.29) is 0 Å². The summed E-state index contributed by atoms with van der Waals surface area (Å²) in [6, 6.07) is 18.3. The Hall–Kier alpha value is -2.49. The van der Waals surface area contributed by atoms with Crippen molar-refractivity contribution < 1.29 is 4.74 Å². The van der Waals surface area contributed by atoms with Gasteiger partial charge in [0.25, 0.3) is 0 Å². The Morgan fingerprint density at radius 3 is 2.41 bits per heavy atom. The van der Waals surface area contributed by atoms with Gasteiger partial charge in [0, 0.05) is 13.6 Å². The molecule has 0 aromatic heterocycles. The van der Waals surface area contributed by atoms with E-state index in [1.54, 1.807) is 7.05 Å². The van der Waals surface area contributed by atoms with Crippen molar-refractivity contribution in [3.63, 3.8) is 0 Å². The molecule has 0 bridgehead atoms. The summed E-state index contributed by atoms with van der Waals surface area (Å²) in [5.74, 6) is 1.66. The minimum atomic E-state index is 0.593. The molecule has 4 nitrogen and oxygen atoms in total. The van der Waals surface area contributed by atoms with Crippen LogP contribution < -0.4 is 15.4 Å². The van der Waals surface area contributed by atoms with Crippen LogP contribution in [0.25, 0.3) is 0 Å². The molecule has 116 valence electrons. The highest BCUT2D eigenvalue weighted by Crippen LogP contribution is 2.07. The predicted molar refractivity (Wildman–Crippen MR) is 91.3 cm³/mol. The number of rotatable bonds is 6. The number of para-hydroxylation sites is 1. The quantitative estimate of drug-likeness (QED) is 0.489. The summed E-state index contributed by atoms with van der Waals surface area (Å²) in [6.45, 7) is 4.13. The highest BCUT2D eigenvalue weighted by atomic mass is 16.5. The Morgan fingerprint density at radius 1 is 1.00 bits per heavy atom. The van der Waals surface area contributed by atoms with Crippen molar-refractivity contribution in [3.8, 4) is 5.75 Å². The Morgan fingerprint density at radius 2 is 1.73 bits per heavy atom. The van der Waals surface area contributed by atoms with Gasteiger partial charge in [-0.1, -0.05) is 48.0 Å². The van der Waals surface area contributed by atoms with Gasteiger partial charge in [0.2, 0.25) is 0 Å². The van der Waals surface area contributed by atoms with Crippen molar-refractivity contribution >= 4 is 5.96 Å². The smallest absolute Gasteiger partial charge is 0.191 e. The van der Waals surface area contributed by atoms with E-state index < -0.39 is 0 Å². The fourth-order valence-electron chi connectivity index (χ4n) is 1.97. The summed E-state index contributed by atoms with van der Waals surface area (Å²) in [5, 5.41) is 6.52. The van der Waals surface area contributed by atoms with Gasteiger partial charge in [0.05, 0.1) is 6.54 Å². The molecule has 0 aliphatic carbocycles. The van der Waals surface area contributed by atoms with Crippen LogP contribution in [0.2, 0.25) is 0 Å². The molecule has 0 unspecified atom stereocenters. The minimum absolute atomic E-state index is 0.593. The van der Waals surface area contributed by atoms with Crippen LogP contribution in [0.4, 0.5) is 0 Å². The number of nitrogens with zero attached hydrogens (tertiary/aromatic N) is 1. The molecule has 0 aliphatic heterocycles. The maximum atomic E-state index is 5.63. The van der Waals surface area contributed by atoms with E-state index in [9.17, 15) is 0 Å². The number of ether oxygens (including phenoxy) is 1. The van der Waals surface area contributed by atoms with Gasteiger partial charge in [-0.15, -0.1) is 0 Å². The van der Waals surface area contributed by atoms with Gasteiger partial charge in [0.15, 0.2) is 5.96 Å². The molecule has 2 aromatic carbocycles. The largest absolute Gasteiger partial charge is 0.492 e. The second kappa shape index (κ2) is 8.72. The lowest BCUT2D eigenvalue weighted by Crippen LogP contribution is -2.38. The van der Waals surface area contributed by atoms with Crippen LogP contribution in [0.5, 0.6) is 5.75 Å². The molecule has 2 N–H and O–H groups in total. The van der Waals surface area contributed by atoms with Crippen LogP contribution >= 0.6 is 0 Å². The third-order valence-electron chi connectivity index (χ3n) is 3.21. The maximum Gasteiger partial charge on any atom is 0.191 e. The van der Waals surface area contributed by atoms with Crippen LogP contribution in [-0.4, -0.2) is 26.2 Å². The summed E-state index contributed by atoms with van der Waals surface area (Å²) >= 11 is 0. The van der Waals surface area contributed by atoms with Crippen molar-refractivity contribution in [2.45, 2.75) is 13.5 Å². The van der Waals surface area contributed by atoms with E-state index in [0.717, 1.165) is 18.3 Å². The summed E-state index contributed by atoms with van der Waals surface area (Å²) in [7, 11) is 1.77. The van der Waals surface area contributed by atoms with E-state index in [1.165, 1.54) is 11.1 Å². The first-order valence-corrected chi connectivity index (χ1v) is 7.46. The Bertz CT molecular complexity index is 579. The van der Waals surface area contributed by atoms with E-state index in [2.05, 4.69) is 46.8 Å². The van der Waals surface area contributed by atoms with Gasteiger partial charge in [-0.2, -0.15) is 0 Å². The molecule has 0 saturated carbocycles. The Labute approximate surface area is 132 Å². The normalized spacial score (nSPS) is 11.1. The first-order chi connectivity index (χ1) is 10.8. The van der Waals surface area contributed by atoms with Gasteiger partial charge in [-0.05, 0) is 24.6 Å². The van der Waals surface area contributed by atoms with Crippen molar-refractivity contribution in [1.82, 2.24) is 10.6 Å². The van der Waals surface area contributed by atoms with Crippen LogP contribution in [0.15, 0.2) is 59.6 Å². The van der Waals surface area contributed by atoms with E-state index in [1.807, 2.05) is 30.3 Å². The van der Waals surface area contributed by atoms with Crippen LogP contribution in [0, 0.1) is 6.92 Å². The molecule has 0 saturated heterocycles. The van der Waals surface area contributed by atoms with E-state index >= 15 is 0 Å². The number of benzene rings is 2. The van der Waals surface area contributed by atoms with Crippen LogP contribution in [-0.2, 0) is 6.54 Å². The molecule has 2 rings (SSSR count). The second-order valence-electron chi connectivity index (χ2n) is 5.00. The van der Waals surface area contributed by atoms with Crippen molar-refractivity contribution in [1.29, 1.82) is 0 Å². The maximum absolute atomic E-state index is 5.63. The predicted octanol–water partition coefficient (Wildman–Crippen LogP) is 2.74. The molecular formula is C18H23N3O. The van der Waals surface area contributed by atoms with Crippen molar-refractivity contribution in [3.05, 3.63) is 65.7 Å². The molecule has 4 heteroatoms. The molecule has 22 heavy (non-hydrogen) atoms. The molecule has 0 heterocycles. The fraction of sp³-hybridized carbons (Fsp3) is 0.278. The lowest BCUT2D eigenvalue weighted by Gasteiger charge is -2.12. The molecule has 0 radical (unpaired) electrons. The average molecular weight is 297 g/mol. The summed E-state index contributed by atoms with van der Waals surface area (Å²) in [6.07, 6.45) is 0. The molecule has 0 atom stereocenters. The van der Waals surface area contributed by atoms with Gasteiger partial charge in [-0.25, -0.2) is 0 Å². The molecular weight excluding hydrogens is 274 g/mol. The number of aliphatic imine (C=N–C) groups is 1. The van der Waals surface area contributed by atoms with Gasteiger partial charge >= 0.3 is 0 Å². The summed E-state index contributed by atoms with van der Waals surface area (Å²) in [5.41, 5.74) is 2.50. The van der Waals surface area contributed by atoms with Crippen LogP contribution in [0.1, 0.15) is 11.1 Å². The third kappa shape index (κ3) is 5.48. The van der Waals surface area contributed by atoms with E-state index in [4.69, 9.17) is 4.74 Å². The standard InChI is InChI=1S/C18H23N3O/c1-15-8-10-16(11-9-15)14-21-18(19-2)20-12-13-22-17-6-4-3-5-7-17/h3-11H,12-14H2,1-2H3,(H2,19,20,21). The number of guanidine groups is 1. The third-order valence-corrected chi connectivity index (χ3v) is 3.21. The Kier molecular flexibility index (Phi) is 6.30. The highest BCUT2D eigenvalue weighted by Gasteiger charge is 1.98. The lowest BCUT2D eigenvalue weighted by molar-refractivity contribution is 0.322. The number of hydrogen-bond donors (Lipinski definition) is 2. The molecule has 0 fully saturated rings. The molecule has 0 amide bonds. The lowest BCUT2D eigenvalue weighted by atomic mass is 10.1. The van der Waals surface area contributed by atoms with E-state index in [0.29, 0.717) is 13.2 Å². The van der Waals surface area contributed by atoms with Gasteiger partial charge in [-0.3, -0.25) is 4.99 Å². The van der Waals surface area contributed by atoms with Gasteiger partial charge < -0.3 is 15.4 Å². The number of hydrogen-bond acceptors (Lipinski definition) is 2. The monoisotopic (exact) mass is 297 g/mol. The SMILES string of the molecule is CN=C(NCCOc1ccccc1)NCc1ccc(C)cc1. The zero-order valence-corrected chi connectivity index (χ0v) is 13.2. The zero-order chi connectivity index (χ0) is 15.6. The number of aryl methyl sites for hydroxylation is 1. The number of nitrogens with one attached hydrogen (secondary N) is 2. The summed E-state index contributed by atoms with van der Waals surface area (Å²) in [4.78, 5) is 4.20. The van der Waals surface area contributed by atoms with Crippen molar-refractivity contribution in [2.24, 2.45) is 4.99 Å². The van der Waals surface area contributed by atoms with Crippen LogP contribution in [0.3, 0.4) is 0 Å². The highest BCUT2D eigenvalue weighted by molar-refractivity contribution is 5.79. The molecule has 0 aliphatic rings. The Balaban J connectivity index is 1.68. The average Bonchev–Trinajstić information content (AvgIpc) is 2.57. The minimum Gasteiger partial charge on any atom is -0.492 e. The van der Waals surface area contributed by atoms with Gasteiger partial charge in [0.1, 0.15) is 12.4 Å². The molecule has 0 spiro atoms. The fourth-order valence-corrected chi connectivity index (χ4v) is 1.97. The zero-order valence-electron chi connectivity index (χ0n) is 13.2. The first-order valence-electron chi connectivity index (χ1n) is 7.46. The molecule has 2 aromatic rings. The second-order valence-corrected chi connectivity index (χ2v) is 5.00. The van der Waals surface area contributed by atoms with Crippen molar-refractivity contribution in [2.75, 3.05) is 20.2 Å². The topological polar surface area (TPSA) is 45.7 Å².